The van der Waals surface area contributed by atoms with Crippen LogP contribution in [0.25, 0.3) is 16.6 Å². The molecule has 2 atom stereocenters. The number of para-hydroxylation sites is 1. The maximum absolute atomic E-state index is 13.6. The molecular formula is C26H31N5O2S. The predicted octanol–water partition coefficient (Wildman–Crippen LogP) is 5.44. The Bertz CT molecular complexity index is 1290. The summed E-state index contributed by atoms with van der Waals surface area (Å²) in [6.07, 6.45) is 0.884. The Hall–Kier alpha value is -3.10. The lowest BCUT2D eigenvalue weighted by molar-refractivity contribution is 0.0995. The van der Waals surface area contributed by atoms with Gasteiger partial charge in [0.15, 0.2) is 16.8 Å². The molecule has 2 unspecified atom stereocenters. The molecule has 0 saturated heterocycles. The van der Waals surface area contributed by atoms with Gasteiger partial charge in [-0.2, -0.15) is 0 Å². The van der Waals surface area contributed by atoms with Crippen molar-refractivity contribution < 1.29 is 9.53 Å². The van der Waals surface area contributed by atoms with Crippen molar-refractivity contribution in [3.8, 4) is 11.4 Å². The summed E-state index contributed by atoms with van der Waals surface area (Å²) in [5.74, 6) is 1.71. The molecule has 34 heavy (non-hydrogen) atoms. The number of carbonyl (C=O) groups excluding carboxylic acids is 1. The van der Waals surface area contributed by atoms with E-state index in [1.54, 1.807) is 7.11 Å². The molecular weight excluding hydrogens is 446 g/mol. The second-order valence-corrected chi connectivity index (χ2v) is 9.86. The number of nitrogens with zero attached hydrogens (tertiary/aromatic N) is 4. The summed E-state index contributed by atoms with van der Waals surface area (Å²) in [4.78, 5) is 19.0. The van der Waals surface area contributed by atoms with Gasteiger partial charge < -0.3 is 9.72 Å². The highest BCUT2D eigenvalue weighted by Crippen LogP contribution is 2.33. The number of aryl methyl sites for hydroxylation is 1. The average molecular weight is 478 g/mol. The van der Waals surface area contributed by atoms with Crippen molar-refractivity contribution in [1.82, 2.24) is 24.6 Å². The minimum absolute atomic E-state index is 0.0745. The molecule has 178 valence electrons. The van der Waals surface area contributed by atoms with Gasteiger partial charge in [-0.15, -0.1) is 10.2 Å². The molecule has 1 N–H and O–H groups in total. The fraction of sp³-hybridized carbons (Fsp3) is 0.346. The van der Waals surface area contributed by atoms with Crippen molar-refractivity contribution >= 4 is 28.4 Å². The van der Waals surface area contributed by atoms with Crippen LogP contribution in [0.5, 0.6) is 5.75 Å². The molecule has 2 aromatic carbocycles. The van der Waals surface area contributed by atoms with Gasteiger partial charge in [-0.1, -0.05) is 36.9 Å². The van der Waals surface area contributed by atoms with Crippen molar-refractivity contribution in [2.24, 2.45) is 0 Å². The molecule has 7 nitrogen and oxygen atoms in total. The third-order valence-electron chi connectivity index (χ3n) is 6.09. The number of thioether (sulfide) groups is 1. The van der Waals surface area contributed by atoms with Crippen LogP contribution in [-0.2, 0) is 0 Å². The summed E-state index contributed by atoms with van der Waals surface area (Å²) in [6.45, 7) is 6.02. The highest BCUT2D eigenvalue weighted by Gasteiger charge is 2.27. The summed E-state index contributed by atoms with van der Waals surface area (Å²) in [5, 5.41) is 10.4. The number of hydrogen-bond acceptors (Lipinski definition) is 6. The summed E-state index contributed by atoms with van der Waals surface area (Å²) in [6, 6.07) is 15.8. The molecule has 0 aliphatic heterocycles. The molecule has 0 bridgehead atoms. The molecule has 0 spiro atoms. The minimum Gasteiger partial charge on any atom is -0.497 e. The molecule has 2 heterocycles. The Balaban J connectivity index is 1.72. The number of rotatable bonds is 9. The zero-order valence-corrected chi connectivity index (χ0v) is 21.3. The van der Waals surface area contributed by atoms with Crippen molar-refractivity contribution in [1.29, 1.82) is 0 Å². The van der Waals surface area contributed by atoms with Crippen LogP contribution in [0.3, 0.4) is 0 Å². The first-order valence-electron chi connectivity index (χ1n) is 11.4. The quantitative estimate of drug-likeness (QED) is 0.255. The van der Waals surface area contributed by atoms with Gasteiger partial charge in [0.2, 0.25) is 0 Å². The van der Waals surface area contributed by atoms with E-state index >= 15 is 0 Å². The van der Waals surface area contributed by atoms with Crippen molar-refractivity contribution in [3.63, 3.8) is 0 Å². The summed E-state index contributed by atoms with van der Waals surface area (Å²) in [5.41, 5.74) is 3.54. The van der Waals surface area contributed by atoms with Crippen LogP contribution in [-0.4, -0.2) is 56.9 Å². The minimum atomic E-state index is -0.341. The van der Waals surface area contributed by atoms with E-state index in [9.17, 15) is 4.79 Å². The molecule has 0 amide bonds. The largest absolute Gasteiger partial charge is 0.497 e. The normalized spacial score (nSPS) is 13.4. The van der Waals surface area contributed by atoms with Gasteiger partial charge in [0.25, 0.3) is 0 Å². The monoisotopic (exact) mass is 477 g/mol. The van der Waals surface area contributed by atoms with Gasteiger partial charge >= 0.3 is 0 Å². The van der Waals surface area contributed by atoms with E-state index in [1.807, 2.05) is 76.5 Å². The van der Waals surface area contributed by atoms with E-state index in [4.69, 9.17) is 4.74 Å². The molecule has 0 saturated carbocycles. The zero-order chi connectivity index (χ0) is 24.4. The van der Waals surface area contributed by atoms with E-state index in [2.05, 4.69) is 31.6 Å². The third-order valence-corrected chi connectivity index (χ3v) is 7.13. The molecule has 4 rings (SSSR count). The van der Waals surface area contributed by atoms with Crippen LogP contribution in [0.2, 0.25) is 0 Å². The van der Waals surface area contributed by atoms with Crippen molar-refractivity contribution in [3.05, 3.63) is 65.6 Å². The number of aromatic amines is 1. The van der Waals surface area contributed by atoms with E-state index in [-0.39, 0.29) is 17.1 Å². The molecule has 2 aromatic heterocycles. The third kappa shape index (κ3) is 4.48. The summed E-state index contributed by atoms with van der Waals surface area (Å²) in [7, 11) is 5.74. The van der Waals surface area contributed by atoms with Crippen LogP contribution in [0.4, 0.5) is 0 Å². The number of fused-ring (bicyclic) bond motifs is 1. The van der Waals surface area contributed by atoms with Crippen LogP contribution in [0.1, 0.15) is 48.2 Å². The van der Waals surface area contributed by atoms with Gasteiger partial charge in [0.1, 0.15) is 5.75 Å². The predicted molar refractivity (Wildman–Crippen MR) is 137 cm³/mol. The van der Waals surface area contributed by atoms with Gasteiger partial charge in [-0.3, -0.25) is 14.3 Å². The zero-order valence-electron chi connectivity index (χ0n) is 20.5. The highest BCUT2D eigenvalue weighted by atomic mass is 32.2. The standard InChI is InChI=1S/C26H31N5O2S/c1-7-22(30(4)5)25-28-29-26(31(25)18-12-14-19(33-6)15-13-18)34-17(3)24(32)23-16(2)27-21-11-9-8-10-20(21)23/h8-15,17,22,27H,7H2,1-6H3. The maximum atomic E-state index is 13.6. The molecule has 0 radical (unpaired) electrons. The summed E-state index contributed by atoms with van der Waals surface area (Å²) >= 11 is 1.44. The smallest absolute Gasteiger partial charge is 0.196 e. The van der Waals surface area contributed by atoms with Crippen molar-refractivity contribution in [2.75, 3.05) is 21.2 Å². The number of benzene rings is 2. The van der Waals surface area contributed by atoms with Crippen LogP contribution in [0, 0.1) is 6.92 Å². The van der Waals surface area contributed by atoms with E-state index < -0.39 is 0 Å². The van der Waals surface area contributed by atoms with E-state index in [1.165, 1.54) is 11.8 Å². The first kappa shape index (κ1) is 24.0. The average Bonchev–Trinajstić information content (AvgIpc) is 3.38. The fourth-order valence-electron chi connectivity index (χ4n) is 4.34. The van der Waals surface area contributed by atoms with E-state index in [0.717, 1.165) is 45.8 Å². The Morgan fingerprint density at radius 3 is 2.50 bits per heavy atom. The molecule has 0 aliphatic carbocycles. The van der Waals surface area contributed by atoms with Crippen LogP contribution in [0.15, 0.2) is 53.7 Å². The lowest BCUT2D eigenvalue weighted by Gasteiger charge is -2.23. The first-order chi connectivity index (χ1) is 16.3. The number of H-pyrrole nitrogens is 1. The van der Waals surface area contributed by atoms with Gasteiger partial charge in [0.05, 0.1) is 18.4 Å². The number of aromatic nitrogens is 4. The number of hydrogen-bond donors (Lipinski definition) is 1. The van der Waals surface area contributed by atoms with Crippen molar-refractivity contribution in [2.45, 2.75) is 43.6 Å². The maximum Gasteiger partial charge on any atom is 0.196 e. The second-order valence-electron chi connectivity index (χ2n) is 8.56. The summed E-state index contributed by atoms with van der Waals surface area (Å²) < 4.78 is 7.40. The van der Waals surface area contributed by atoms with Gasteiger partial charge in [0, 0.05) is 27.8 Å². The van der Waals surface area contributed by atoms with E-state index in [0.29, 0.717) is 5.16 Å². The Kier molecular flexibility index (Phi) is 7.09. The number of ketones is 1. The number of carbonyl (C=O) groups is 1. The lowest BCUT2D eigenvalue weighted by atomic mass is 10.1. The Morgan fingerprint density at radius 1 is 1.15 bits per heavy atom. The lowest BCUT2D eigenvalue weighted by Crippen LogP contribution is -2.23. The second kappa shape index (κ2) is 10.0. The molecule has 0 fully saturated rings. The Morgan fingerprint density at radius 2 is 1.85 bits per heavy atom. The number of nitrogens with one attached hydrogen (secondary N) is 1. The fourth-order valence-corrected chi connectivity index (χ4v) is 5.27. The highest BCUT2D eigenvalue weighted by molar-refractivity contribution is 8.00. The molecule has 0 aliphatic rings. The number of Topliss-reactive ketones (excluding diaryl/α,β-unsaturated/α-hetero) is 1. The number of ether oxygens (including phenoxy) is 1. The Labute approximate surface area is 204 Å². The first-order valence-corrected chi connectivity index (χ1v) is 12.3. The molecule has 4 aromatic rings. The SMILES string of the molecule is CCC(c1nnc(SC(C)C(=O)c2c(C)[nH]c3ccccc23)n1-c1ccc(OC)cc1)N(C)C. The van der Waals surface area contributed by atoms with Gasteiger partial charge in [-0.25, -0.2) is 0 Å². The van der Waals surface area contributed by atoms with Crippen LogP contribution >= 0.6 is 11.8 Å². The van der Waals surface area contributed by atoms with Crippen LogP contribution < -0.4 is 4.74 Å². The molecule has 8 heteroatoms. The van der Waals surface area contributed by atoms with Gasteiger partial charge in [-0.05, 0) is 64.7 Å². The topological polar surface area (TPSA) is 76.0 Å². The number of methoxy groups -OCH3 is 1.